The van der Waals surface area contributed by atoms with E-state index >= 15 is 0 Å². The zero-order chi connectivity index (χ0) is 9.26. The largest absolute Gasteiger partial charge is 0.355 e. The van der Waals surface area contributed by atoms with Crippen LogP contribution in [-0.4, -0.2) is 42.5 Å². The third kappa shape index (κ3) is 1.84. The number of rotatable bonds is 2. The number of hydrogen-bond donors (Lipinski definition) is 2. The van der Waals surface area contributed by atoms with Crippen molar-refractivity contribution < 1.29 is 4.79 Å². The van der Waals surface area contributed by atoms with Gasteiger partial charge < -0.3 is 11.1 Å². The summed E-state index contributed by atoms with van der Waals surface area (Å²) in [6, 6.07) is 0.562. The molecule has 4 heteroatoms. The molecule has 2 rings (SSSR count). The van der Waals surface area contributed by atoms with Gasteiger partial charge in [0, 0.05) is 25.7 Å². The Bertz CT molecular complexity index is 203. The molecular formula is C9H17N3O. The molecule has 1 aliphatic heterocycles. The molecule has 74 valence electrons. The van der Waals surface area contributed by atoms with Gasteiger partial charge in [-0.3, -0.25) is 9.69 Å². The molecule has 0 radical (unpaired) electrons. The van der Waals surface area contributed by atoms with Crippen molar-refractivity contribution in [1.82, 2.24) is 10.2 Å². The molecule has 0 aromatic heterocycles. The zero-order valence-corrected chi connectivity index (χ0v) is 7.83. The summed E-state index contributed by atoms with van der Waals surface area (Å²) in [5.74, 6) is 0.118. The summed E-state index contributed by atoms with van der Waals surface area (Å²) in [6.45, 7) is 2.27. The molecule has 1 aliphatic carbocycles. The van der Waals surface area contributed by atoms with Crippen molar-refractivity contribution in [3.05, 3.63) is 0 Å². The van der Waals surface area contributed by atoms with Gasteiger partial charge in [-0.2, -0.15) is 0 Å². The quantitative estimate of drug-likeness (QED) is 0.595. The van der Waals surface area contributed by atoms with Crippen molar-refractivity contribution in [2.75, 3.05) is 19.6 Å². The highest BCUT2D eigenvalue weighted by molar-refractivity contribution is 5.82. The van der Waals surface area contributed by atoms with Gasteiger partial charge in [0.15, 0.2) is 0 Å². The van der Waals surface area contributed by atoms with Crippen LogP contribution in [0.5, 0.6) is 0 Å². The van der Waals surface area contributed by atoms with Gasteiger partial charge >= 0.3 is 0 Å². The summed E-state index contributed by atoms with van der Waals surface area (Å²) in [6.07, 6.45) is 3.53. The first kappa shape index (κ1) is 8.97. The van der Waals surface area contributed by atoms with E-state index < -0.39 is 0 Å². The van der Waals surface area contributed by atoms with Gasteiger partial charge in [-0.25, -0.2) is 0 Å². The highest BCUT2D eigenvalue weighted by atomic mass is 16.2. The summed E-state index contributed by atoms with van der Waals surface area (Å²) in [7, 11) is 0. The molecule has 1 saturated heterocycles. The van der Waals surface area contributed by atoms with E-state index in [1.165, 1.54) is 12.8 Å². The van der Waals surface area contributed by atoms with Crippen molar-refractivity contribution in [1.29, 1.82) is 0 Å². The third-order valence-electron chi connectivity index (χ3n) is 2.83. The third-order valence-corrected chi connectivity index (χ3v) is 2.83. The Kier molecular flexibility index (Phi) is 2.51. The van der Waals surface area contributed by atoms with Crippen LogP contribution >= 0.6 is 0 Å². The highest BCUT2D eigenvalue weighted by Gasteiger charge is 2.37. The van der Waals surface area contributed by atoms with Gasteiger partial charge in [0.25, 0.3) is 0 Å². The molecular weight excluding hydrogens is 166 g/mol. The van der Waals surface area contributed by atoms with Crippen LogP contribution < -0.4 is 11.1 Å². The van der Waals surface area contributed by atoms with E-state index in [1.807, 2.05) is 0 Å². The summed E-state index contributed by atoms with van der Waals surface area (Å²) in [4.78, 5) is 13.8. The Balaban J connectivity index is 2.06. The Morgan fingerprint density at radius 3 is 2.92 bits per heavy atom. The first-order valence-corrected chi connectivity index (χ1v) is 5.06. The van der Waals surface area contributed by atoms with Crippen LogP contribution in [0.25, 0.3) is 0 Å². The predicted molar refractivity (Wildman–Crippen MR) is 50.2 cm³/mol. The molecule has 2 aliphatic rings. The molecule has 1 unspecified atom stereocenters. The fourth-order valence-corrected chi connectivity index (χ4v) is 1.98. The number of nitrogens with one attached hydrogen (secondary N) is 1. The lowest BCUT2D eigenvalue weighted by atomic mass is 10.2. The maximum absolute atomic E-state index is 11.6. The summed E-state index contributed by atoms with van der Waals surface area (Å²) in [5.41, 5.74) is 5.62. The van der Waals surface area contributed by atoms with Crippen LogP contribution in [0.15, 0.2) is 0 Å². The smallest absolute Gasteiger partial charge is 0.238 e. The first-order chi connectivity index (χ1) is 6.33. The molecule has 1 saturated carbocycles. The zero-order valence-electron chi connectivity index (χ0n) is 7.83. The second-order valence-corrected chi connectivity index (χ2v) is 3.87. The number of carbonyl (C=O) groups is 1. The number of hydrogen-bond acceptors (Lipinski definition) is 3. The van der Waals surface area contributed by atoms with Crippen molar-refractivity contribution >= 4 is 5.91 Å². The maximum Gasteiger partial charge on any atom is 0.238 e. The molecule has 1 heterocycles. The highest BCUT2D eigenvalue weighted by Crippen LogP contribution is 2.29. The molecule has 0 spiro atoms. The molecule has 0 bridgehead atoms. The van der Waals surface area contributed by atoms with E-state index in [0.29, 0.717) is 12.6 Å². The average molecular weight is 183 g/mol. The number of amides is 1. The van der Waals surface area contributed by atoms with Gasteiger partial charge in [-0.15, -0.1) is 0 Å². The Morgan fingerprint density at radius 1 is 1.54 bits per heavy atom. The Hall–Kier alpha value is -0.610. The van der Waals surface area contributed by atoms with Crippen LogP contribution in [-0.2, 0) is 4.79 Å². The van der Waals surface area contributed by atoms with E-state index in [0.717, 1.165) is 19.5 Å². The van der Waals surface area contributed by atoms with Crippen LogP contribution in [0, 0.1) is 0 Å². The van der Waals surface area contributed by atoms with Crippen molar-refractivity contribution in [2.45, 2.75) is 31.3 Å². The molecule has 3 N–H and O–H groups in total. The van der Waals surface area contributed by atoms with Gasteiger partial charge in [-0.05, 0) is 19.3 Å². The fourth-order valence-electron chi connectivity index (χ4n) is 1.98. The Morgan fingerprint density at radius 2 is 2.31 bits per heavy atom. The maximum atomic E-state index is 11.6. The minimum atomic E-state index is -0.0741. The molecule has 2 fully saturated rings. The molecule has 1 atom stereocenters. The lowest BCUT2D eigenvalue weighted by molar-refractivity contribution is -0.125. The topological polar surface area (TPSA) is 58.4 Å². The average Bonchev–Trinajstić information content (AvgIpc) is 2.90. The van der Waals surface area contributed by atoms with Crippen molar-refractivity contribution in [3.63, 3.8) is 0 Å². The van der Waals surface area contributed by atoms with E-state index in [1.54, 1.807) is 0 Å². The van der Waals surface area contributed by atoms with Crippen LogP contribution in [0.1, 0.15) is 19.3 Å². The molecule has 0 aromatic rings. The van der Waals surface area contributed by atoms with E-state index in [9.17, 15) is 4.79 Å². The summed E-state index contributed by atoms with van der Waals surface area (Å²) >= 11 is 0. The van der Waals surface area contributed by atoms with E-state index in [2.05, 4.69) is 10.2 Å². The van der Waals surface area contributed by atoms with Gasteiger partial charge in [0.2, 0.25) is 5.91 Å². The van der Waals surface area contributed by atoms with Crippen LogP contribution in [0.4, 0.5) is 0 Å². The predicted octanol–water partition coefficient (Wildman–Crippen LogP) is -0.702. The normalized spacial score (nSPS) is 31.2. The standard InChI is InChI=1S/C9H17N3O/c10-6-8-9(13)11-4-1-5-12(8)7-2-3-7/h7-8H,1-6,10H2,(H,11,13). The molecule has 13 heavy (non-hydrogen) atoms. The number of carbonyl (C=O) groups excluding carboxylic acids is 1. The van der Waals surface area contributed by atoms with Crippen LogP contribution in [0.2, 0.25) is 0 Å². The number of nitrogens with two attached hydrogens (primary N) is 1. The minimum absolute atomic E-state index is 0.0741. The van der Waals surface area contributed by atoms with Gasteiger partial charge in [-0.1, -0.05) is 0 Å². The monoisotopic (exact) mass is 183 g/mol. The Labute approximate surface area is 78.5 Å². The molecule has 0 aromatic carbocycles. The minimum Gasteiger partial charge on any atom is -0.355 e. The van der Waals surface area contributed by atoms with Crippen molar-refractivity contribution in [3.8, 4) is 0 Å². The summed E-state index contributed by atoms with van der Waals surface area (Å²) in [5, 5.41) is 2.90. The first-order valence-electron chi connectivity index (χ1n) is 5.06. The lowest BCUT2D eigenvalue weighted by Gasteiger charge is -2.26. The summed E-state index contributed by atoms with van der Waals surface area (Å²) < 4.78 is 0. The second kappa shape index (κ2) is 3.64. The van der Waals surface area contributed by atoms with Crippen molar-refractivity contribution in [2.24, 2.45) is 5.73 Å². The molecule has 4 nitrogen and oxygen atoms in total. The fraction of sp³-hybridized carbons (Fsp3) is 0.889. The van der Waals surface area contributed by atoms with E-state index in [4.69, 9.17) is 5.73 Å². The SMILES string of the molecule is NCC1C(=O)NCCCN1C1CC1. The lowest BCUT2D eigenvalue weighted by Crippen LogP contribution is -2.49. The second-order valence-electron chi connectivity index (χ2n) is 3.87. The van der Waals surface area contributed by atoms with Gasteiger partial charge in [0.05, 0.1) is 0 Å². The molecule has 1 amide bonds. The van der Waals surface area contributed by atoms with Crippen LogP contribution in [0.3, 0.4) is 0 Å². The van der Waals surface area contributed by atoms with E-state index in [-0.39, 0.29) is 11.9 Å². The van der Waals surface area contributed by atoms with Gasteiger partial charge in [0.1, 0.15) is 6.04 Å². The number of nitrogens with zero attached hydrogens (tertiary/aromatic N) is 1.